The molecule has 1 aromatic carbocycles. The number of aryl methyl sites for hydroxylation is 1. The highest BCUT2D eigenvalue weighted by Crippen LogP contribution is 2.40. The zero-order chi connectivity index (χ0) is 19.3. The van der Waals surface area contributed by atoms with Crippen molar-refractivity contribution in [1.29, 1.82) is 0 Å². The molecule has 0 radical (unpaired) electrons. The van der Waals surface area contributed by atoms with E-state index in [2.05, 4.69) is 30.6 Å². The van der Waals surface area contributed by atoms with Crippen molar-refractivity contribution in [2.75, 3.05) is 5.32 Å². The van der Waals surface area contributed by atoms with E-state index in [-0.39, 0.29) is 11.9 Å². The highest BCUT2D eigenvalue weighted by Gasteiger charge is 2.29. The van der Waals surface area contributed by atoms with Crippen LogP contribution in [-0.2, 0) is 0 Å². The summed E-state index contributed by atoms with van der Waals surface area (Å²) in [4.78, 5) is 21.8. The summed E-state index contributed by atoms with van der Waals surface area (Å²) in [5.41, 5.74) is 2.99. The van der Waals surface area contributed by atoms with Gasteiger partial charge in [0.25, 0.3) is 11.6 Å². The zero-order valence-corrected chi connectivity index (χ0v) is 15.6. The summed E-state index contributed by atoms with van der Waals surface area (Å²) in [6, 6.07) is 9.08. The van der Waals surface area contributed by atoms with Crippen molar-refractivity contribution < 1.29 is 9.32 Å². The second-order valence-electron chi connectivity index (χ2n) is 6.76. The summed E-state index contributed by atoms with van der Waals surface area (Å²) >= 11 is 6.19. The Morgan fingerprint density at radius 1 is 1.29 bits per heavy atom. The minimum Gasteiger partial charge on any atom is -0.336 e. The molecule has 2 N–H and O–H groups in total. The number of hydrogen-bond acceptors (Lipinski definition) is 6. The van der Waals surface area contributed by atoms with Gasteiger partial charge in [0, 0.05) is 17.2 Å². The third-order valence-corrected chi connectivity index (χ3v) is 5.05. The van der Waals surface area contributed by atoms with Crippen LogP contribution in [0.2, 0.25) is 5.02 Å². The normalized spacial score (nSPS) is 13.8. The van der Waals surface area contributed by atoms with Gasteiger partial charge in [-0.3, -0.25) is 15.2 Å². The van der Waals surface area contributed by atoms with E-state index >= 15 is 0 Å². The average Bonchev–Trinajstić information content (AvgIpc) is 3.34. The smallest absolute Gasteiger partial charge is 0.259 e. The summed E-state index contributed by atoms with van der Waals surface area (Å²) in [7, 11) is 0. The second-order valence-corrected chi connectivity index (χ2v) is 7.17. The molecule has 1 saturated carbocycles. The van der Waals surface area contributed by atoms with Gasteiger partial charge >= 0.3 is 0 Å². The number of carbonyl (C=O) groups excluding carboxylic acids is 1. The maximum absolute atomic E-state index is 13.0. The van der Waals surface area contributed by atoms with Crippen LogP contribution in [0.3, 0.4) is 0 Å². The quantitative estimate of drug-likeness (QED) is 0.539. The maximum atomic E-state index is 13.0. The Morgan fingerprint density at radius 3 is 2.89 bits per heavy atom. The van der Waals surface area contributed by atoms with E-state index in [0.29, 0.717) is 44.7 Å². The molecule has 1 fully saturated rings. The molecule has 0 bridgehead atoms. The first kappa shape index (κ1) is 16.9. The number of halogens is 1. The lowest BCUT2D eigenvalue weighted by atomic mass is 10.1. The minimum atomic E-state index is -0.342. The van der Waals surface area contributed by atoms with Gasteiger partial charge < -0.3 is 4.52 Å². The van der Waals surface area contributed by atoms with Gasteiger partial charge in [-0.15, -0.1) is 5.10 Å². The number of fused-ring (bicyclic) bond motifs is 1. The van der Waals surface area contributed by atoms with Crippen LogP contribution in [0.4, 0.5) is 5.95 Å². The van der Waals surface area contributed by atoms with Gasteiger partial charge in [0.05, 0.1) is 21.7 Å². The van der Waals surface area contributed by atoms with Crippen molar-refractivity contribution in [3.8, 4) is 11.4 Å². The molecule has 0 unspecified atom stereocenters. The molecule has 4 aromatic rings. The predicted octanol–water partition coefficient (Wildman–Crippen LogP) is 4.10. The molecule has 5 rings (SSSR count). The van der Waals surface area contributed by atoms with Crippen molar-refractivity contribution in [2.45, 2.75) is 25.7 Å². The molecule has 0 saturated heterocycles. The number of amides is 1. The lowest BCUT2D eigenvalue weighted by Gasteiger charge is -2.05. The number of nitrogens with one attached hydrogen (secondary N) is 2. The number of aromatic nitrogens is 5. The Balaban J connectivity index is 1.48. The molecule has 9 heteroatoms. The van der Waals surface area contributed by atoms with Gasteiger partial charge in [0.1, 0.15) is 0 Å². The SMILES string of the molecule is Cc1noc2nc(C3CC3)cc(C(=O)Nc3n[nH]c(-c4ccccc4Cl)n3)c12. The molecule has 0 atom stereocenters. The van der Waals surface area contributed by atoms with Crippen LogP contribution < -0.4 is 5.32 Å². The lowest BCUT2D eigenvalue weighted by molar-refractivity contribution is 0.102. The molecular formula is C19H15ClN6O2. The average molecular weight is 395 g/mol. The van der Waals surface area contributed by atoms with Crippen molar-refractivity contribution in [3.63, 3.8) is 0 Å². The van der Waals surface area contributed by atoms with Crippen LogP contribution in [0.15, 0.2) is 34.9 Å². The van der Waals surface area contributed by atoms with Gasteiger partial charge in [-0.25, -0.2) is 4.98 Å². The largest absolute Gasteiger partial charge is 0.336 e. The van der Waals surface area contributed by atoms with Gasteiger partial charge in [0.2, 0.25) is 5.95 Å². The first-order chi connectivity index (χ1) is 13.6. The molecule has 0 aliphatic heterocycles. The van der Waals surface area contributed by atoms with E-state index in [9.17, 15) is 4.79 Å². The van der Waals surface area contributed by atoms with Crippen molar-refractivity contribution in [3.05, 3.63) is 52.3 Å². The summed E-state index contributed by atoms with van der Waals surface area (Å²) in [5, 5.41) is 14.7. The van der Waals surface area contributed by atoms with Crippen LogP contribution in [0.5, 0.6) is 0 Å². The Morgan fingerprint density at radius 2 is 2.11 bits per heavy atom. The maximum Gasteiger partial charge on any atom is 0.259 e. The molecule has 1 amide bonds. The number of anilines is 1. The Kier molecular flexibility index (Phi) is 3.87. The number of H-pyrrole nitrogens is 1. The molecule has 140 valence electrons. The van der Waals surface area contributed by atoms with E-state index in [4.69, 9.17) is 16.1 Å². The number of pyridine rings is 1. The fraction of sp³-hybridized carbons (Fsp3) is 0.211. The van der Waals surface area contributed by atoms with Crippen molar-refractivity contribution >= 4 is 34.6 Å². The fourth-order valence-electron chi connectivity index (χ4n) is 3.14. The number of aromatic amines is 1. The molecule has 3 aromatic heterocycles. The molecule has 28 heavy (non-hydrogen) atoms. The van der Waals surface area contributed by atoms with E-state index in [1.807, 2.05) is 18.2 Å². The number of benzene rings is 1. The van der Waals surface area contributed by atoms with E-state index in [1.165, 1.54) is 0 Å². The summed E-state index contributed by atoms with van der Waals surface area (Å²) in [5.74, 6) is 0.662. The minimum absolute atomic E-state index is 0.159. The first-order valence-corrected chi connectivity index (χ1v) is 9.23. The zero-order valence-electron chi connectivity index (χ0n) is 14.9. The number of hydrogen-bond donors (Lipinski definition) is 2. The van der Waals surface area contributed by atoms with Crippen LogP contribution in [0, 0.1) is 6.92 Å². The van der Waals surface area contributed by atoms with E-state index in [0.717, 1.165) is 18.5 Å². The van der Waals surface area contributed by atoms with Gasteiger partial charge in [-0.2, -0.15) is 4.98 Å². The number of carbonyl (C=O) groups is 1. The fourth-order valence-corrected chi connectivity index (χ4v) is 3.37. The second kappa shape index (κ2) is 6.42. The Bertz CT molecular complexity index is 1210. The topological polar surface area (TPSA) is 110 Å². The third kappa shape index (κ3) is 2.91. The monoisotopic (exact) mass is 394 g/mol. The summed E-state index contributed by atoms with van der Waals surface area (Å²) < 4.78 is 5.29. The molecular weight excluding hydrogens is 380 g/mol. The molecule has 8 nitrogen and oxygen atoms in total. The number of nitrogens with zero attached hydrogens (tertiary/aromatic N) is 4. The van der Waals surface area contributed by atoms with Crippen LogP contribution >= 0.6 is 11.6 Å². The summed E-state index contributed by atoms with van der Waals surface area (Å²) in [6.07, 6.45) is 2.13. The molecule has 1 aliphatic rings. The van der Waals surface area contributed by atoms with E-state index in [1.54, 1.807) is 19.1 Å². The van der Waals surface area contributed by atoms with E-state index < -0.39 is 0 Å². The standard InChI is InChI=1S/C19H15ClN6O2/c1-9-15-12(8-14(10-6-7-10)21-18(15)28-26-9)17(27)23-19-22-16(24-25-19)11-4-2-3-5-13(11)20/h2-5,8,10H,6-7H2,1H3,(H2,22,23,24,25,27). The highest BCUT2D eigenvalue weighted by atomic mass is 35.5. The molecule has 0 spiro atoms. The lowest BCUT2D eigenvalue weighted by Crippen LogP contribution is -2.14. The highest BCUT2D eigenvalue weighted by molar-refractivity contribution is 6.33. The summed E-state index contributed by atoms with van der Waals surface area (Å²) in [6.45, 7) is 1.78. The van der Waals surface area contributed by atoms with Crippen LogP contribution in [0.1, 0.15) is 40.5 Å². The Labute approximate surface area is 164 Å². The molecule has 3 heterocycles. The van der Waals surface area contributed by atoms with Gasteiger partial charge in [0.15, 0.2) is 5.82 Å². The predicted molar refractivity (Wildman–Crippen MR) is 103 cm³/mol. The van der Waals surface area contributed by atoms with Crippen molar-refractivity contribution in [2.24, 2.45) is 0 Å². The van der Waals surface area contributed by atoms with Gasteiger partial charge in [-0.1, -0.05) is 28.9 Å². The van der Waals surface area contributed by atoms with Gasteiger partial charge in [-0.05, 0) is 38.0 Å². The third-order valence-electron chi connectivity index (χ3n) is 4.72. The number of rotatable bonds is 4. The molecule has 1 aliphatic carbocycles. The first-order valence-electron chi connectivity index (χ1n) is 8.85. The van der Waals surface area contributed by atoms with Crippen LogP contribution in [-0.4, -0.2) is 31.2 Å². The van der Waals surface area contributed by atoms with Crippen molar-refractivity contribution in [1.82, 2.24) is 25.3 Å². The Hall–Kier alpha value is -3.26. The van der Waals surface area contributed by atoms with Crippen LogP contribution in [0.25, 0.3) is 22.5 Å².